The fourth-order valence-corrected chi connectivity index (χ4v) is 1.07. The molecule has 0 atom stereocenters. The highest BCUT2D eigenvalue weighted by atomic mass is 16.1. The zero-order valence-corrected chi connectivity index (χ0v) is 8.03. The second-order valence-corrected chi connectivity index (χ2v) is 2.41. The van der Waals surface area contributed by atoms with Crippen molar-refractivity contribution in [2.75, 3.05) is 0 Å². The number of rotatable bonds is 0. The van der Waals surface area contributed by atoms with Gasteiger partial charge < -0.3 is 4.98 Å². The van der Waals surface area contributed by atoms with Crippen LogP contribution in [-0.4, -0.2) is 14.8 Å². The monoisotopic (exact) mass is 179 g/mol. The molecule has 4 heteroatoms. The zero-order chi connectivity index (χ0) is 9.84. The predicted octanol–water partition coefficient (Wildman–Crippen LogP) is 1.29. The summed E-state index contributed by atoms with van der Waals surface area (Å²) in [7, 11) is 1.83. The molecule has 1 N–H and O–H groups in total. The summed E-state index contributed by atoms with van der Waals surface area (Å²) in [5.74, 6) is 0. The van der Waals surface area contributed by atoms with Crippen LogP contribution in [0.4, 0.5) is 0 Å². The molecule has 0 radical (unpaired) electrons. The summed E-state index contributed by atoms with van der Waals surface area (Å²) in [6.07, 6.45) is 3.33. The van der Waals surface area contributed by atoms with E-state index < -0.39 is 0 Å². The van der Waals surface area contributed by atoms with Crippen LogP contribution in [0.15, 0.2) is 23.3 Å². The van der Waals surface area contributed by atoms with Crippen molar-refractivity contribution < 1.29 is 0 Å². The van der Waals surface area contributed by atoms with E-state index in [1.807, 2.05) is 20.9 Å². The van der Waals surface area contributed by atoms with Gasteiger partial charge in [-0.25, -0.2) is 0 Å². The Morgan fingerprint density at radius 1 is 1.46 bits per heavy atom. The van der Waals surface area contributed by atoms with Crippen LogP contribution in [0, 0.1) is 0 Å². The largest absolute Gasteiger partial charge is 0.327 e. The third-order valence-electron chi connectivity index (χ3n) is 1.65. The second kappa shape index (κ2) is 3.89. The molecule has 4 nitrogen and oxygen atoms in total. The smallest absolute Gasteiger partial charge is 0.248 e. The highest BCUT2D eigenvalue weighted by Crippen LogP contribution is 2.06. The van der Waals surface area contributed by atoms with Crippen molar-refractivity contribution in [1.82, 2.24) is 14.8 Å². The van der Waals surface area contributed by atoms with Gasteiger partial charge >= 0.3 is 0 Å². The Morgan fingerprint density at radius 3 is 2.85 bits per heavy atom. The van der Waals surface area contributed by atoms with E-state index in [2.05, 4.69) is 10.1 Å². The molecule has 70 valence electrons. The van der Waals surface area contributed by atoms with Crippen molar-refractivity contribution in [2.45, 2.75) is 13.8 Å². The molecule has 0 bridgehead atoms. The molecule has 2 aromatic rings. The van der Waals surface area contributed by atoms with E-state index >= 15 is 0 Å². The van der Waals surface area contributed by atoms with Crippen LogP contribution >= 0.6 is 0 Å². The summed E-state index contributed by atoms with van der Waals surface area (Å²) in [5, 5.41) is 4.87. The molecule has 2 rings (SSSR count). The number of nitrogens with zero attached hydrogens (tertiary/aromatic N) is 2. The highest BCUT2D eigenvalue weighted by molar-refractivity contribution is 5.76. The van der Waals surface area contributed by atoms with Crippen LogP contribution in [0.25, 0.3) is 10.9 Å². The molecular weight excluding hydrogens is 166 g/mol. The first-order valence-electron chi connectivity index (χ1n) is 4.28. The predicted molar refractivity (Wildman–Crippen MR) is 52.7 cm³/mol. The third kappa shape index (κ3) is 1.77. The van der Waals surface area contributed by atoms with Crippen LogP contribution < -0.4 is 5.56 Å². The summed E-state index contributed by atoms with van der Waals surface area (Å²) >= 11 is 0. The lowest BCUT2D eigenvalue weighted by Crippen LogP contribution is -2.01. The zero-order valence-electron chi connectivity index (χ0n) is 8.03. The van der Waals surface area contributed by atoms with Gasteiger partial charge in [-0.2, -0.15) is 5.10 Å². The number of nitrogens with one attached hydrogen (secondary N) is 1. The molecular formula is C9H13N3O. The Kier molecular flexibility index (Phi) is 2.84. The van der Waals surface area contributed by atoms with Crippen LogP contribution in [0.2, 0.25) is 0 Å². The van der Waals surface area contributed by atoms with Gasteiger partial charge in [0.2, 0.25) is 5.56 Å². The normalized spacial score (nSPS) is 9.46. The summed E-state index contributed by atoms with van der Waals surface area (Å²) in [6.45, 7) is 4.00. The lowest BCUT2D eigenvalue weighted by molar-refractivity contribution is 0.795. The molecule has 2 heterocycles. The summed E-state index contributed by atoms with van der Waals surface area (Å²) < 4.78 is 1.71. The highest BCUT2D eigenvalue weighted by Gasteiger charge is 1.97. The topological polar surface area (TPSA) is 50.7 Å². The summed E-state index contributed by atoms with van der Waals surface area (Å²) in [6, 6.07) is 1.53. The average Bonchev–Trinajstić information content (AvgIpc) is 2.51. The van der Waals surface area contributed by atoms with E-state index in [4.69, 9.17) is 0 Å². The van der Waals surface area contributed by atoms with Crippen molar-refractivity contribution in [3.05, 3.63) is 28.8 Å². The van der Waals surface area contributed by atoms with E-state index in [9.17, 15) is 4.79 Å². The fraction of sp³-hybridized carbons (Fsp3) is 0.333. The number of pyridine rings is 1. The molecule has 0 aliphatic carbocycles. The molecule has 0 aliphatic rings. The minimum atomic E-state index is -0.0921. The standard InChI is InChI=1S/C7H7N3O.C2H6/c1-10-6-4-8-7(11)2-5(6)3-9-10;1-2/h2-4H,1H3,(H,8,11);1-2H3. The first-order chi connectivity index (χ1) is 6.27. The third-order valence-corrected chi connectivity index (χ3v) is 1.65. The number of fused-ring (bicyclic) bond motifs is 1. The number of hydrogen-bond donors (Lipinski definition) is 1. The Bertz CT molecular complexity index is 441. The Labute approximate surface area is 76.2 Å². The minimum Gasteiger partial charge on any atom is -0.327 e. The van der Waals surface area contributed by atoms with E-state index in [-0.39, 0.29) is 5.56 Å². The van der Waals surface area contributed by atoms with Gasteiger partial charge in [-0.05, 0) is 0 Å². The van der Waals surface area contributed by atoms with Gasteiger partial charge in [-0.15, -0.1) is 0 Å². The van der Waals surface area contributed by atoms with E-state index in [0.717, 1.165) is 10.9 Å². The van der Waals surface area contributed by atoms with Gasteiger partial charge in [0.25, 0.3) is 0 Å². The van der Waals surface area contributed by atoms with Crippen LogP contribution in [0.1, 0.15) is 13.8 Å². The quantitative estimate of drug-likeness (QED) is 0.662. The van der Waals surface area contributed by atoms with Crippen LogP contribution in [0.5, 0.6) is 0 Å². The average molecular weight is 179 g/mol. The Hall–Kier alpha value is -1.58. The van der Waals surface area contributed by atoms with Crippen LogP contribution in [0.3, 0.4) is 0 Å². The minimum absolute atomic E-state index is 0.0921. The van der Waals surface area contributed by atoms with Crippen molar-refractivity contribution in [2.24, 2.45) is 7.05 Å². The molecule has 0 unspecified atom stereocenters. The van der Waals surface area contributed by atoms with Crippen LogP contribution in [-0.2, 0) is 7.05 Å². The number of aryl methyl sites for hydroxylation is 1. The van der Waals surface area contributed by atoms with Crippen molar-refractivity contribution in [3.63, 3.8) is 0 Å². The van der Waals surface area contributed by atoms with Gasteiger partial charge in [0.15, 0.2) is 0 Å². The molecule has 0 spiro atoms. The lowest BCUT2D eigenvalue weighted by Gasteiger charge is -1.90. The first-order valence-corrected chi connectivity index (χ1v) is 4.28. The van der Waals surface area contributed by atoms with E-state index in [1.165, 1.54) is 6.07 Å². The Balaban J connectivity index is 0.000000396. The van der Waals surface area contributed by atoms with Gasteiger partial charge in [-0.1, -0.05) is 13.8 Å². The van der Waals surface area contributed by atoms with Gasteiger partial charge in [-0.3, -0.25) is 9.48 Å². The van der Waals surface area contributed by atoms with Crippen molar-refractivity contribution in [1.29, 1.82) is 0 Å². The number of hydrogen-bond acceptors (Lipinski definition) is 2. The van der Waals surface area contributed by atoms with Gasteiger partial charge in [0, 0.05) is 24.7 Å². The Morgan fingerprint density at radius 2 is 2.15 bits per heavy atom. The van der Waals surface area contributed by atoms with Crippen molar-refractivity contribution >= 4 is 10.9 Å². The molecule has 0 aliphatic heterocycles. The summed E-state index contributed by atoms with van der Waals surface area (Å²) in [5.41, 5.74) is 0.843. The van der Waals surface area contributed by atoms with E-state index in [0.29, 0.717) is 0 Å². The molecule has 0 amide bonds. The molecule has 0 saturated heterocycles. The maximum Gasteiger partial charge on any atom is 0.248 e. The molecule has 2 aromatic heterocycles. The maximum absolute atomic E-state index is 10.8. The fourth-order valence-electron chi connectivity index (χ4n) is 1.07. The SMILES string of the molecule is CC.Cn1ncc2cc(=O)[nH]cc21. The molecule has 0 saturated carbocycles. The molecule has 0 aromatic carbocycles. The van der Waals surface area contributed by atoms with Crippen molar-refractivity contribution in [3.8, 4) is 0 Å². The number of H-pyrrole nitrogens is 1. The number of aromatic amines is 1. The molecule has 0 fully saturated rings. The molecule has 13 heavy (non-hydrogen) atoms. The maximum atomic E-state index is 10.8. The van der Waals surface area contributed by atoms with Gasteiger partial charge in [0.05, 0.1) is 11.7 Å². The number of aromatic nitrogens is 3. The lowest BCUT2D eigenvalue weighted by atomic mass is 10.3. The summed E-state index contributed by atoms with van der Waals surface area (Å²) in [4.78, 5) is 13.4. The second-order valence-electron chi connectivity index (χ2n) is 2.41. The first kappa shape index (κ1) is 9.51. The van der Waals surface area contributed by atoms with E-state index in [1.54, 1.807) is 17.1 Å². The van der Waals surface area contributed by atoms with Gasteiger partial charge in [0.1, 0.15) is 0 Å².